The monoisotopic (exact) mass is 585 g/mol. The Balaban J connectivity index is 1.47. The molecule has 5 rings (SSSR count). The van der Waals surface area contributed by atoms with Gasteiger partial charge in [-0.15, -0.1) is 0 Å². The van der Waals surface area contributed by atoms with E-state index >= 15 is 0 Å². The fraction of sp³-hybridized carbons (Fsp3) is 0.312. The molecule has 0 bridgehead atoms. The molecule has 1 aromatic heterocycles. The van der Waals surface area contributed by atoms with Crippen LogP contribution in [0, 0.1) is 11.3 Å². The molecule has 1 aliphatic heterocycles. The van der Waals surface area contributed by atoms with Gasteiger partial charge < -0.3 is 15.0 Å². The van der Waals surface area contributed by atoms with Crippen molar-refractivity contribution < 1.29 is 17.9 Å². The van der Waals surface area contributed by atoms with E-state index in [-0.39, 0.29) is 16.2 Å². The summed E-state index contributed by atoms with van der Waals surface area (Å²) >= 11 is 0. The van der Waals surface area contributed by atoms with E-state index in [9.17, 15) is 18.5 Å². The van der Waals surface area contributed by atoms with Crippen LogP contribution in [0.4, 0.5) is 5.69 Å². The molecule has 0 aliphatic carbocycles. The summed E-state index contributed by atoms with van der Waals surface area (Å²) in [5.74, 6) is -0.280. The number of hydrogen-bond acceptors (Lipinski definition) is 6. The number of carbonyl (C=O) groups is 1. The van der Waals surface area contributed by atoms with E-state index in [1.165, 1.54) is 0 Å². The number of sulfonamides is 1. The third-order valence-corrected chi connectivity index (χ3v) is 8.80. The third-order valence-electron chi connectivity index (χ3n) is 7.41. The second-order valence-electron chi connectivity index (χ2n) is 11.4. The summed E-state index contributed by atoms with van der Waals surface area (Å²) in [4.78, 5) is 19.1. The molecule has 3 N–H and O–H groups in total. The summed E-state index contributed by atoms with van der Waals surface area (Å²) in [5, 5.41) is 13.2. The minimum atomic E-state index is -3.86. The van der Waals surface area contributed by atoms with E-state index < -0.39 is 10.0 Å². The van der Waals surface area contributed by atoms with Gasteiger partial charge in [-0.05, 0) is 59.0 Å². The van der Waals surface area contributed by atoms with Gasteiger partial charge in [0.15, 0.2) is 0 Å². The van der Waals surface area contributed by atoms with Crippen molar-refractivity contribution in [1.29, 1.82) is 5.26 Å². The maximum atomic E-state index is 13.4. The number of fused-ring (bicyclic) bond motifs is 1. The van der Waals surface area contributed by atoms with Gasteiger partial charge in [-0.2, -0.15) is 5.26 Å². The van der Waals surface area contributed by atoms with Gasteiger partial charge in [-0.3, -0.25) is 14.4 Å². The normalized spacial score (nSPS) is 14.4. The highest BCUT2D eigenvalue weighted by Gasteiger charge is 2.22. The third kappa shape index (κ3) is 6.49. The first-order valence-corrected chi connectivity index (χ1v) is 15.4. The lowest BCUT2D eigenvalue weighted by Crippen LogP contribution is -2.41. The van der Waals surface area contributed by atoms with Gasteiger partial charge in [-0.25, -0.2) is 8.42 Å². The van der Waals surface area contributed by atoms with Gasteiger partial charge in [0.1, 0.15) is 5.69 Å². The zero-order valence-corrected chi connectivity index (χ0v) is 24.8. The summed E-state index contributed by atoms with van der Waals surface area (Å²) in [6, 6.07) is 21.2. The first-order valence-electron chi connectivity index (χ1n) is 13.9. The lowest BCUT2D eigenvalue weighted by Gasteiger charge is -2.26. The highest BCUT2D eigenvalue weighted by molar-refractivity contribution is 7.92. The Morgan fingerprint density at radius 2 is 1.79 bits per heavy atom. The molecule has 4 aromatic rings. The SMILES string of the molecule is CC(C)(C)c1ccc(S(=O)(=O)Nc2ccc3[nH]c(C(=O)NCCN4CCOCC4)c(-c4cccc(C#N)c4)c3c2)cc1. The van der Waals surface area contributed by atoms with Crippen molar-refractivity contribution in [1.82, 2.24) is 15.2 Å². The molecular weight excluding hydrogens is 550 g/mol. The van der Waals surface area contributed by atoms with Crippen LogP contribution in [-0.2, 0) is 20.2 Å². The molecule has 42 heavy (non-hydrogen) atoms. The standard InChI is InChI=1S/C32H35N5O4S/c1-32(2,3)24-7-10-26(11-8-24)42(39,40)36-25-9-12-28-27(20-25)29(23-6-4-5-22(19-23)21-33)30(35-28)31(38)34-13-14-37-15-17-41-18-16-37/h4-12,19-20,35-36H,13-18H2,1-3H3,(H,34,38). The number of morpholine rings is 1. The maximum absolute atomic E-state index is 13.4. The van der Waals surface area contributed by atoms with Crippen molar-refractivity contribution in [2.45, 2.75) is 31.1 Å². The second kappa shape index (κ2) is 12.0. The van der Waals surface area contributed by atoms with Crippen molar-refractivity contribution in [2.24, 2.45) is 0 Å². The van der Waals surface area contributed by atoms with Gasteiger partial charge in [0.2, 0.25) is 0 Å². The van der Waals surface area contributed by atoms with E-state index in [1.54, 1.807) is 48.5 Å². The molecule has 0 radical (unpaired) electrons. The Bertz CT molecular complexity index is 1740. The Morgan fingerprint density at radius 3 is 2.48 bits per heavy atom. The maximum Gasteiger partial charge on any atom is 0.268 e. The molecule has 2 heterocycles. The molecule has 1 saturated heterocycles. The number of nitriles is 1. The number of anilines is 1. The first kappa shape index (κ1) is 29.3. The van der Waals surface area contributed by atoms with E-state index in [4.69, 9.17) is 4.74 Å². The van der Waals surface area contributed by atoms with E-state index in [0.29, 0.717) is 65.3 Å². The highest BCUT2D eigenvalue weighted by atomic mass is 32.2. The summed E-state index contributed by atoms with van der Waals surface area (Å²) in [6.07, 6.45) is 0. The molecule has 3 aromatic carbocycles. The topological polar surface area (TPSA) is 127 Å². The number of aromatic nitrogens is 1. The number of ether oxygens (including phenoxy) is 1. The second-order valence-corrected chi connectivity index (χ2v) is 13.1. The van der Waals surface area contributed by atoms with Crippen molar-refractivity contribution in [3.63, 3.8) is 0 Å². The Morgan fingerprint density at radius 1 is 1.05 bits per heavy atom. The van der Waals surface area contributed by atoms with Gasteiger partial charge in [0.05, 0.1) is 29.7 Å². The summed E-state index contributed by atoms with van der Waals surface area (Å²) < 4.78 is 34.6. The number of nitrogens with zero attached hydrogens (tertiary/aromatic N) is 2. The van der Waals surface area contributed by atoms with E-state index in [2.05, 4.69) is 46.8 Å². The average Bonchev–Trinajstić information content (AvgIpc) is 3.36. The predicted molar refractivity (Wildman–Crippen MR) is 164 cm³/mol. The van der Waals surface area contributed by atoms with Crippen LogP contribution < -0.4 is 10.0 Å². The molecule has 1 amide bonds. The lowest BCUT2D eigenvalue weighted by molar-refractivity contribution is 0.0383. The average molecular weight is 586 g/mol. The molecule has 9 nitrogen and oxygen atoms in total. The Labute approximate surface area is 246 Å². The van der Waals surface area contributed by atoms with Gasteiger partial charge in [-0.1, -0.05) is 45.0 Å². The fourth-order valence-electron chi connectivity index (χ4n) is 5.06. The smallest absolute Gasteiger partial charge is 0.268 e. The number of benzene rings is 3. The van der Waals surface area contributed by atoms with Crippen LogP contribution in [0.15, 0.2) is 71.6 Å². The molecule has 10 heteroatoms. The highest BCUT2D eigenvalue weighted by Crippen LogP contribution is 2.35. The minimum Gasteiger partial charge on any atom is -0.379 e. The number of rotatable bonds is 8. The molecule has 1 aliphatic rings. The van der Waals surface area contributed by atoms with Crippen LogP contribution in [-0.4, -0.2) is 63.6 Å². The van der Waals surface area contributed by atoms with Crippen LogP contribution in [0.5, 0.6) is 0 Å². The van der Waals surface area contributed by atoms with E-state index in [1.807, 2.05) is 18.2 Å². The number of amides is 1. The number of hydrogen-bond donors (Lipinski definition) is 3. The van der Waals surface area contributed by atoms with Crippen LogP contribution in [0.2, 0.25) is 0 Å². The van der Waals surface area contributed by atoms with Gasteiger partial charge >= 0.3 is 0 Å². The quantitative estimate of drug-likeness (QED) is 0.271. The van der Waals surface area contributed by atoms with Crippen molar-refractivity contribution in [3.8, 4) is 17.2 Å². The van der Waals surface area contributed by atoms with Gasteiger partial charge in [0.25, 0.3) is 15.9 Å². The Kier molecular flexibility index (Phi) is 8.36. The van der Waals surface area contributed by atoms with Crippen LogP contribution in [0.25, 0.3) is 22.0 Å². The zero-order chi connectivity index (χ0) is 29.9. The van der Waals surface area contributed by atoms with Crippen LogP contribution in [0.1, 0.15) is 42.4 Å². The molecule has 0 spiro atoms. The number of aromatic amines is 1. The van der Waals surface area contributed by atoms with Crippen molar-refractivity contribution in [2.75, 3.05) is 44.1 Å². The van der Waals surface area contributed by atoms with Crippen LogP contribution in [0.3, 0.4) is 0 Å². The summed E-state index contributed by atoms with van der Waals surface area (Å²) in [5.41, 5.74) is 4.05. The summed E-state index contributed by atoms with van der Waals surface area (Å²) in [6.45, 7) is 10.4. The molecule has 0 saturated carbocycles. The largest absolute Gasteiger partial charge is 0.379 e. The van der Waals surface area contributed by atoms with E-state index in [0.717, 1.165) is 18.7 Å². The summed E-state index contributed by atoms with van der Waals surface area (Å²) in [7, 11) is -3.86. The van der Waals surface area contributed by atoms with Crippen molar-refractivity contribution in [3.05, 3.63) is 83.6 Å². The first-order chi connectivity index (χ1) is 20.0. The molecule has 0 unspecified atom stereocenters. The minimum absolute atomic E-state index is 0.0964. The fourth-order valence-corrected chi connectivity index (χ4v) is 6.11. The number of nitrogens with one attached hydrogen (secondary N) is 3. The predicted octanol–water partition coefficient (Wildman–Crippen LogP) is 4.87. The molecular formula is C32H35N5O4S. The molecule has 0 atom stereocenters. The molecule has 1 fully saturated rings. The van der Waals surface area contributed by atoms with Crippen molar-refractivity contribution >= 4 is 32.5 Å². The van der Waals surface area contributed by atoms with Crippen LogP contribution >= 0.6 is 0 Å². The van der Waals surface area contributed by atoms with Gasteiger partial charge in [0, 0.05) is 48.3 Å². The number of H-pyrrole nitrogens is 1. The number of carbonyl (C=O) groups excluding carboxylic acids is 1. The lowest BCUT2D eigenvalue weighted by atomic mass is 9.87. The Hall–Kier alpha value is -4.17. The zero-order valence-electron chi connectivity index (χ0n) is 24.0. The molecule has 218 valence electrons.